The van der Waals surface area contributed by atoms with Gasteiger partial charge in [-0.05, 0) is 49.4 Å². The van der Waals surface area contributed by atoms with Crippen molar-refractivity contribution in [2.75, 3.05) is 39.6 Å². The number of phosphoric acid groups is 2. The van der Waals surface area contributed by atoms with Gasteiger partial charge in [-0.25, -0.2) is 9.13 Å². The van der Waals surface area contributed by atoms with Gasteiger partial charge in [-0.1, -0.05) is 299 Å². The molecule has 3 N–H and O–H groups in total. The van der Waals surface area contributed by atoms with Crippen molar-refractivity contribution >= 4 is 39.5 Å². The summed E-state index contributed by atoms with van der Waals surface area (Å²) in [6.45, 7) is 14.0. The highest BCUT2D eigenvalue weighted by Crippen LogP contribution is 2.45. The Morgan fingerprint density at radius 3 is 0.689 bits per heavy atom. The van der Waals surface area contributed by atoms with Crippen LogP contribution in [-0.4, -0.2) is 96.7 Å². The van der Waals surface area contributed by atoms with Crippen LogP contribution >= 0.6 is 15.6 Å². The lowest BCUT2D eigenvalue weighted by atomic mass is 10.0. The highest BCUT2D eigenvalue weighted by molar-refractivity contribution is 7.47. The molecule has 90 heavy (non-hydrogen) atoms. The van der Waals surface area contributed by atoms with Gasteiger partial charge in [0.15, 0.2) is 12.2 Å². The Bertz CT molecular complexity index is 1780. The van der Waals surface area contributed by atoms with Crippen LogP contribution in [0.3, 0.4) is 0 Å². The van der Waals surface area contributed by atoms with Crippen LogP contribution in [0.1, 0.15) is 351 Å². The largest absolute Gasteiger partial charge is 0.472 e. The maximum Gasteiger partial charge on any atom is 0.472 e. The monoisotopic (exact) mass is 1320 g/mol. The zero-order chi connectivity index (χ0) is 66.8. The highest BCUT2D eigenvalue weighted by atomic mass is 31.2. The number of rotatable bonds is 68. The molecule has 0 aliphatic carbocycles. The minimum absolute atomic E-state index is 0.102. The molecule has 0 aromatic carbocycles. The van der Waals surface area contributed by atoms with E-state index in [1.165, 1.54) is 154 Å². The van der Waals surface area contributed by atoms with Gasteiger partial charge in [0.1, 0.15) is 19.3 Å². The van der Waals surface area contributed by atoms with Gasteiger partial charge < -0.3 is 33.8 Å². The molecule has 0 spiro atoms. The maximum atomic E-state index is 13.0. The summed E-state index contributed by atoms with van der Waals surface area (Å²) in [5, 5.41) is 10.6. The van der Waals surface area contributed by atoms with Gasteiger partial charge in [-0.3, -0.25) is 37.3 Å². The second kappa shape index (κ2) is 60.7. The first-order valence-corrected chi connectivity index (χ1v) is 39.7. The number of aliphatic hydroxyl groups is 1. The van der Waals surface area contributed by atoms with Gasteiger partial charge in [-0.2, -0.15) is 0 Å². The fraction of sp³-hybridized carbons (Fsp3) is 0.944. The first-order chi connectivity index (χ1) is 43.1. The minimum Gasteiger partial charge on any atom is -0.462 e. The molecule has 19 heteroatoms. The Balaban J connectivity index is 5.20. The van der Waals surface area contributed by atoms with Gasteiger partial charge in [-0.15, -0.1) is 0 Å². The van der Waals surface area contributed by atoms with E-state index in [1.54, 1.807) is 0 Å². The molecule has 0 saturated carbocycles. The molecule has 5 atom stereocenters. The van der Waals surface area contributed by atoms with Crippen LogP contribution < -0.4 is 0 Å². The Morgan fingerprint density at radius 1 is 0.278 bits per heavy atom. The molecular weight excluding hydrogens is 1190 g/mol. The fourth-order valence-electron chi connectivity index (χ4n) is 10.7. The topological polar surface area (TPSA) is 237 Å². The van der Waals surface area contributed by atoms with Crippen LogP contribution in [0.2, 0.25) is 0 Å². The molecule has 0 aromatic heterocycles. The second-order valence-corrected chi connectivity index (χ2v) is 30.4. The van der Waals surface area contributed by atoms with Crippen molar-refractivity contribution < 1.29 is 80.2 Å². The third-order valence-corrected chi connectivity index (χ3v) is 18.2. The Labute approximate surface area is 549 Å². The van der Waals surface area contributed by atoms with E-state index in [-0.39, 0.29) is 25.7 Å². The van der Waals surface area contributed by atoms with Crippen molar-refractivity contribution in [3.8, 4) is 0 Å². The smallest absolute Gasteiger partial charge is 0.462 e. The number of esters is 4. The molecule has 0 aliphatic rings. The molecule has 0 saturated heterocycles. The third kappa shape index (κ3) is 64.8. The predicted octanol–water partition coefficient (Wildman–Crippen LogP) is 20.1. The van der Waals surface area contributed by atoms with E-state index in [4.69, 9.17) is 37.0 Å². The van der Waals surface area contributed by atoms with Crippen molar-refractivity contribution in [1.82, 2.24) is 0 Å². The summed E-state index contributed by atoms with van der Waals surface area (Å²) in [6.07, 6.45) is 43.3. The average Bonchev–Trinajstić information content (AvgIpc) is 3.63. The minimum atomic E-state index is -4.95. The van der Waals surface area contributed by atoms with Crippen LogP contribution in [0.15, 0.2) is 0 Å². The lowest BCUT2D eigenvalue weighted by Gasteiger charge is -2.21. The number of aliphatic hydroxyl groups excluding tert-OH is 1. The number of hydrogen-bond donors (Lipinski definition) is 3. The predicted molar refractivity (Wildman–Crippen MR) is 363 cm³/mol. The molecule has 0 amide bonds. The van der Waals surface area contributed by atoms with Crippen LogP contribution in [0.25, 0.3) is 0 Å². The molecule has 0 radical (unpaired) electrons. The molecule has 0 aliphatic heterocycles. The lowest BCUT2D eigenvalue weighted by Crippen LogP contribution is -2.30. The average molecular weight is 1330 g/mol. The van der Waals surface area contributed by atoms with Crippen molar-refractivity contribution in [2.45, 2.75) is 369 Å². The number of hydrogen-bond acceptors (Lipinski definition) is 15. The van der Waals surface area contributed by atoms with Crippen LogP contribution in [-0.2, 0) is 65.4 Å². The second-order valence-electron chi connectivity index (χ2n) is 27.5. The van der Waals surface area contributed by atoms with Crippen LogP contribution in [0, 0.1) is 23.7 Å². The molecule has 0 rings (SSSR count). The van der Waals surface area contributed by atoms with E-state index < -0.39 is 97.5 Å². The zero-order valence-corrected chi connectivity index (χ0v) is 60.6. The third-order valence-electron chi connectivity index (χ3n) is 16.3. The van der Waals surface area contributed by atoms with E-state index in [2.05, 4.69) is 55.4 Å². The number of phosphoric ester groups is 2. The van der Waals surface area contributed by atoms with E-state index >= 15 is 0 Å². The Kier molecular flexibility index (Phi) is 59.4. The summed E-state index contributed by atoms with van der Waals surface area (Å²) in [7, 11) is -9.90. The van der Waals surface area contributed by atoms with E-state index in [1.807, 2.05) is 0 Å². The van der Waals surface area contributed by atoms with Gasteiger partial charge >= 0.3 is 39.5 Å². The number of unbranched alkanes of at least 4 members (excludes halogenated alkanes) is 34. The number of ether oxygens (including phenoxy) is 4. The molecular formula is C71H138O17P2. The standard InChI is InChI=1S/C71H138O17P2/c1-61(2)47-39-31-23-16-14-12-10-9-11-13-15-17-27-35-43-51-68(73)81-57-66(87-70(75)53-45-37-29-21-19-25-33-41-49-63(5)6)59-85-89(77,78)83-55-65(72)56-84-90(79,80)86-60-67(88-71(76)54-46-38-30-22-26-34-42-50-64(7)8)58-82-69(74)52-44-36-28-20-18-24-32-40-48-62(3)4/h61-67,72H,9-60H2,1-8H3,(H,77,78)(H,79,80)/t65?,66-,67-/m1/s1. The van der Waals surface area contributed by atoms with Gasteiger partial charge in [0.2, 0.25) is 0 Å². The van der Waals surface area contributed by atoms with Crippen molar-refractivity contribution in [2.24, 2.45) is 23.7 Å². The van der Waals surface area contributed by atoms with Crippen LogP contribution in [0.5, 0.6) is 0 Å². The van der Waals surface area contributed by atoms with Crippen molar-refractivity contribution in [3.63, 3.8) is 0 Å². The van der Waals surface area contributed by atoms with Gasteiger partial charge in [0, 0.05) is 25.7 Å². The molecule has 0 aromatic rings. The molecule has 3 unspecified atom stereocenters. The van der Waals surface area contributed by atoms with Crippen molar-refractivity contribution in [3.05, 3.63) is 0 Å². The fourth-order valence-corrected chi connectivity index (χ4v) is 12.2. The summed E-state index contributed by atoms with van der Waals surface area (Å²) in [5.41, 5.74) is 0. The molecule has 0 heterocycles. The highest BCUT2D eigenvalue weighted by Gasteiger charge is 2.30. The summed E-state index contributed by atoms with van der Waals surface area (Å²) in [4.78, 5) is 72.5. The Hall–Kier alpha value is -1.94. The molecule has 0 fully saturated rings. The summed E-state index contributed by atoms with van der Waals surface area (Å²) in [5.74, 6) is 0.814. The SMILES string of the molecule is CC(C)CCCCCCCCCCCCCCCCCC(=O)OC[C@H](COP(=O)(O)OCC(O)COP(=O)(O)OC[C@@H](COC(=O)CCCCCCCCCCC(C)C)OC(=O)CCCCCCCCCC(C)C)OC(=O)CCCCCCCCCCC(C)C. The van der Waals surface area contributed by atoms with E-state index in [0.717, 1.165) is 108 Å². The lowest BCUT2D eigenvalue weighted by molar-refractivity contribution is -0.161. The summed E-state index contributed by atoms with van der Waals surface area (Å²) in [6, 6.07) is 0. The number of carbonyl (C=O) groups excluding carboxylic acids is 4. The maximum absolute atomic E-state index is 13.0. The first kappa shape index (κ1) is 88.1. The molecule has 534 valence electrons. The normalized spacial score (nSPS) is 14.3. The van der Waals surface area contributed by atoms with Gasteiger partial charge in [0.25, 0.3) is 0 Å². The van der Waals surface area contributed by atoms with Gasteiger partial charge in [0.05, 0.1) is 26.4 Å². The zero-order valence-electron chi connectivity index (χ0n) is 58.8. The van der Waals surface area contributed by atoms with Crippen LogP contribution in [0.4, 0.5) is 0 Å². The summed E-state index contributed by atoms with van der Waals surface area (Å²) >= 11 is 0. The Morgan fingerprint density at radius 2 is 0.467 bits per heavy atom. The molecule has 0 bridgehead atoms. The quantitative estimate of drug-likeness (QED) is 0.0222. The van der Waals surface area contributed by atoms with E-state index in [0.29, 0.717) is 31.6 Å². The summed E-state index contributed by atoms with van der Waals surface area (Å²) < 4.78 is 68.3. The van der Waals surface area contributed by atoms with E-state index in [9.17, 15) is 43.2 Å². The first-order valence-electron chi connectivity index (χ1n) is 36.7. The molecule has 17 nitrogen and oxygen atoms in total. The number of carbonyl (C=O) groups is 4. The van der Waals surface area contributed by atoms with Crippen molar-refractivity contribution in [1.29, 1.82) is 0 Å².